The van der Waals surface area contributed by atoms with Crippen molar-refractivity contribution in [3.05, 3.63) is 43.0 Å². The largest absolute Gasteiger partial charge is 0.368 e. The molecule has 4 aromatic rings. The van der Waals surface area contributed by atoms with Gasteiger partial charge in [0.1, 0.15) is 11.5 Å². The quantitative estimate of drug-likeness (QED) is 0.451. The summed E-state index contributed by atoms with van der Waals surface area (Å²) in [5.74, 6) is 1.99. The van der Waals surface area contributed by atoms with Gasteiger partial charge >= 0.3 is 0 Å². The first-order valence-electron chi connectivity index (χ1n) is 12.6. The Morgan fingerprint density at radius 1 is 0.971 bits per heavy atom. The van der Waals surface area contributed by atoms with Crippen LogP contribution in [-0.4, -0.2) is 50.7 Å². The molecule has 176 valence electrons. The Labute approximate surface area is 199 Å². The van der Waals surface area contributed by atoms with Crippen molar-refractivity contribution in [2.75, 3.05) is 36.4 Å². The van der Waals surface area contributed by atoms with Crippen LogP contribution in [0.5, 0.6) is 0 Å². The van der Waals surface area contributed by atoms with Crippen molar-refractivity contribution in [3.8, 4) is 0 Å². The monoisotopic (exact) mass is 456 g/mol. The Kier molecular flexibility index (Phi) is 5.74. The van der Waals surface area contributed by atoms with Gasteiger partial charge in [-0.3, -0.25) is 4.98 Å². The highest BCUT2D eigenvalue weighted by molar-refractivity contribution is 6.06. The van der Waals surface area contributed by atoms with Crippen molar-refractivity contribution >= 4 is 39.4 Å². The second-order valence-electron chi connectivity index (χ2n) is 9.60. The van der Waals surface area contributed by atoms with Crippen LogP contribution in [0.15, 0.2) is 43.0 Å². The smallest absolute Gasteiger partial charge is 0.230 e. The van der Waals surface area contributed by atoms with Crippen LogP contribution in [0.25, 0.3) is 21.9 Å². The molecule has 1 aliphatic heterocycles. The Hall–Kier alpha value is -3.26. The average molecular weight is 457 g/mol. The Morgan fingerprint density at radius 3 is 2.62 bits per heavy atom. The van der Waals surface area contributed by atoms with E-state index in [9.17, 15) is 0 Å². The summed E-state index contributed by atoms with van der Waals surface area (Å²) in [6.45, 7) is 6.38. The summed E-state index contributed by atoms with van der Waals surface area (Å²) in [6.07, 6.45) is 14.3. The van der Waals surface area contributed by atoms with Crippen LogP contribution < -0.4 is 15.5 Å². The third-order valence-corrected chi connectivity index (χ3v) is 7.56. The van der Waals surface area contributed by atoms with Crippen LogP contribution in [0.1, 0.15) is 45.1 Å². The zero-order valence-corrected chi connectivity index (χ0v) is 19.7. The molecule has 8 heteroatoms. The van der Waals surface area contributed by atoms with E-state index in [4.69, 9.17) is 4.98 Å². The van der Waals surface area contributed by atoms with Gasteiger partial charge in [0.25, 0.3) is 0 Å². The highest BCUT2D eigenvalue weighted by Crippen LogP contribution is 2.38. The summed E-state index contributed by atoms with van der Waals surface area (Å²) in [5.41, 5.74) is 3.26. The lowest BCUT2D eigenvalue weighted by molar-refractivity contribution is 0.271. The number of anilines is 3. The first-order valence-corrected chi connectivity index (χ1v) is 12.6. The highest BCUT2D eigenvalue weighted by atomic mass is 15.2. The van der Waals surface area contributed by atoms with E-state index < -0.39 is 0 Å². The van der Waals surface area contributed by atoms with Crippen molar-refractivity contribution in [1.29, 1.82) is 0 Å². The average Bonchev–Trinajstić information content (AvgIpc) is 3.23. The van der Waals surface area contributed by atoms with Crippen LogP contribution in [0.4, 0.5) is 17.5 Å². The number of pyridine rings is 2. The summed E-state index contributed by atoms with van der Waals surface area (Å²) in [4.78, 5) is 21.0. The molecule has 6 rings (SSSR count). The van der Waals surface area contributed by atoms with Crippen molar-refractivity contribution in [2.24, 2.45) is 5.92 Å². The minimum atomic E-state index is 0.365. The fraction of sp³-hybridized carbons (Fsp3) is 0.462. The fourth-order valence-corrected chi connectivity index (χ4v) is 5.65. The molecule has 34 heavy (non-hydrogen) atoms. The molecule has 2 aliphatic rings. The maximum atomic E-state index is 4.99. The van der Waals surface area contributed by atoms with Gasteiger partial charge in [0.05, 0.1) is 23.6 Å². The number of nitrogens with zero attached hydrogens (tertiary/aromatic N) is 6. The normalized spacial score (nSPS) is 18.4. The predicted molar refractivity (Wildman–Crippen MR) is 137 cm³/mol. The maximum absolute atomic E-state index is 4.99. The first-order chi connectivity index (χ1) is 16.8. The van der Waals surface area contributed by atoms with E-state index in [2.05, 4.69) is 54.1 Å². The Balaban J connectivity index is 1.33. The number of hydrogen-bond donors (Lipinski definition) is 2. The second kappa shape index (κ2) is 9.18. The van der Waals surface area contributed by atoms with E-state index in [0.29, 0.717) is 17.9 Å². The van der Waals surface area contributed by atoms with Crippen molar-refractivity contribution in [1.82, 2.24) is 29.8 Å². The number of hydrogen-bond acceptors (Lipinski definition) is 7. The number of fused-ring (bicyclic) bond motifs is 3. The lowest BCUT2D eigenvalue weighted by Gasteiger charge is -2.29. The van der Waals surface area contributed by atoms with Crippen molar-refractivity contribution in [2.45, 2.75) is 45.1 Å². The third-order valence-electron chi connectivity index (χ3n) is 7.56. The van der Waals surface area contributed by atoms with Crippen LogP contribution in [-0.2, 0) is 0 Å². The number of piperazine rings is 1. The van der Waals surface area contributed by atoms with Gasteiger partial charge in [-0.2, -0.15) is 4.98 Å². The second-order valence-corrected chi connectivity index (χ2v) is 9.60. The molecule has 2 N–H and O–H groups in total. The van der Waals surface area contributed by atoms with Gasteiger partial charge in [-0.05, 0) is 43.9 Å². The molecule has 0 radical (unpaired) electrons. The molecule has 1 saturated heterocycles. The highest BCUT2D eigenvalue weighted by Gasteiger charge is 2.25. The van der Waals surface area contributed by atoms with Crippen LogP contribution in [0.3, 0.4) is 0 Å². The molecule has 1 saturated carbocycles. The number of aromatic nitrogens is 5. The van der Waals surface area contributed by atoms with E-state index in [1.807, 2.05) is 30.9 Å². The van der Waals surface area contributed by atoms with E-state index in [1.54, 1.807) is 0 Å². The molecule has 4 aromatic heterocycles. The van der Waals surface area contributed by atoms with Crippen molar-refractivity contribution < 1.29 is 0 Å². The number of rotatable bonds is 5. The summed E-state index contributed by atoms with van der Waals surface area (Å²) < 4.78 is 2.39. The topological polar surface area (TPSA) is 83.8 Å². The van der Waals surface area contributed by atoms with Crippen LogP contribution in [0, 0.1) is 5.92 Å². The van der Waals surface area contributed by atoms with E-state index in [0.717, 1.165) is 59.6 Å². The first kappa shape index (κ1) is 21.3. The minimum Gasteiger partial charge on any atom is -0.368 e. The van der Waals surface area contributed by atoms with Gasteiger partial charge < -0.3 is 20.1 Å². The van der Waals surface area contributed by atoms with Gasteiger partial charge in [0.2, 0.25) is 5.95 Å². The standard InChI is InChI=1S/C26H32N8/c1-18(19-5-3-2-4-6-19)34-23-17-28-10-9-21(23)22-16-30-26(32-25(22)34)31-24-8-7-20(15-29-24)33-13-11-27-12-14-33/h7-10,15-19,27H,2-6,11-14H2,1H3,(H,29,30,31,32)/t18-/m0/s1. The summed E-state index contributed by atoms with van der Waals surface area (Å²) in [5, 5.41) is 8.95. The molecule has 0 bridgehead atoms. The molecule has 0 aromatic carbocycles. The Bertz CT molecular complexity index is 1270. The maximum Gasteiger partial charge on any atom is 0.230 e. The minimum absolute atomic E-state index is 0.365. The number of nitrogens with one attached hydrogen (secondary N) is 2. The fourth-order valence-electron chi connectivity index (χ4n) is 5.65. The molecule has 0 amide bonds. The molecule has 5 heterocycles. The molecule has 1 atom stereocenters. The zero-order valence-electron chi connectivity index (χ0n) is 19.7. The molecule has 0 unspecified atom stereocenters. The van der Waals surface area contributed by atoms with Gasteiger partial charge in [0.15, 0.2) is 0 Å². The molecule has 2 fully saturated rings. The summed E-state index contributed by atoms with van der Waals surface area (Å²) in [7, 11) is 0. The Morgan fingerprint density at radius 2 is 1.82 bits per heavy atom. The van der Waals surface area contributed by atoms with Crippen LogP contribution >= 0.6 is 0 Å². The molecular formula is C26H32N8. The third kappa shape index (κ3) is 3.96. The lowest BCUT2D eigenvalue weighted by Crippen LogP contribution is -2.43. The molecule has 0 spiro atoms. The predicted octanol–water partition coefficient (Wildman–Crippen LogP) is 4.67. The van der Waals surface area contributed by atoms with Gasteiger partial charge in [-0.25, -0.2) is 9.97 Å². The van der Waals surface area contributed by atoms with Crippen LogP contribution in [0.2, 0.25) is 0 Å². The SMILES string of the molecule is C[C@@H](C1CCCCC1)n1c2cnccc2c2cnc(Nc3ccc(N4CCNCC4)cn3)nc21. The van der Waals surface area contributed by atoms with Gasteiger partial charge in [0, 0.05) is 55.4 Å². The van der Waals surface area contributed by atoms with E-state index >= 15 is 0 Å². The summed E-state index contributed by atoms with van der Waals surface area (Å²) in [6, 6.07) is 6.57. The van der Waals surface area contributed by atoms with Gasteiger partial charge in [-0.1, -0.05) is 19.3 Å². The molecule has 8 nitrogen and oxygen atoms in total. The zero-order chi connectivity index (χ0) is 22.9. The molecular weight excluding hydrogens is 424 g/mol. The lowest BCUT2D eigenvalue weighted by atomic mass is 9.84. The molecule has 1 aliphatic carbocycles. The summed E-state index contributed by atoms with van der Waals surface area (Å²) >= 11 is 0. The van der Waals surface area contributed by atoms with Gasteiger partial charge in [-0.15, -0.1) is 0 Å². The van der Waals surface area contributed by atoms with Crippen molar-refractivity contribution in [3.63, 3.8) is 0 Å². The van der Waals surface area contributed by atoms with E-state index in [1.165, 1.54) is 32.1 Å². The van der Waals surface area contributed by atoms with E-state index in [-0.39, 0.29) is 0 Å².